The van der Waals surface area contributed by atoms with Gasteiger partial charge in [0.2, 0.25) is 5.91 Å². The highest BCUT2D eigenvalue weighted by atomic mass is 32.1. The highest BCUT2D eigenvalue weighted by Crippen LogP contribution is 2.27. The zero-order valence-electron chi connectivity index (χ0n) is 12.4. The van der Waals surface area contributed by atoms with Crippen molar-refractivity contribution < 1.29 is 4.79 Å². The van der Waals surface area contributed by atoms with Crippen LogP contribution in [0.25, 0.3) is 0 Å². The van der Waals surface area contributed by atoms with Gasteiger partial charge in [0.15, 0.2) is 0 Å². The summed E-state index contributed by atoms with van der Waals surface area (Å²) >= 11 is 1.18. The summed E-state index contributed by atoms with van der Waals surface area (Å²) in [5.74, 6) is 0.113. The third-order valence-corrected chi connectivity index (χ3v) is 5.07. The van der Waals surface area contributed by atoms with E-state index in [0.717, 1.165) is 18.7 Å². The summed E-state index contributed by atoms with van der Waals surface area (Å²) in [6.45, 7) is 7.99. The molecule has 112 valence electrons. The Kier molecular flexibility index (Phi) is 4.34. The second-order valence-electron chi connectivity index (χ2n) is 6.24. The Morgan fingerprint density at radius 3 is 2.80 bits per heavy atom. The molecule has 1 fully saturated rings. The van der Waals surface area contributed by atoms with Crippen LogP contribution in [0.3, 0.4) is 0 Å². The Hall–Kier alpha value is -1.14. The molecule has 1 amide bonds. The molecule has 1 aromatic rings. The van der Waals surface area contributed by atoms with Crippen molar-refractivity contribution in [2.45, 2.75) is 46.2 Å². The van der Waals surface area contributed by atoms with Gasteiger partial charge in [-0.3, -0.25) is 9.59 Å². The first-order valence-corrected chi connectivity index (χ1v) is 7.87. The molecule has 0 saturated carbocycles. The molecule has 2 N–H and O–H groups in total. The second kappa shape index (κ2) is 5.69. The molecule has 2 rings (SSSR count). The second-order valence-corrected chi connectivity index (χ2v) is 7.06. The molecule has 2 heterocycles. The van der Waals surface area contributed by atoms with E-state index in [-0.39, 0.29) is 22.2 Å². The first kappa shape index (κ1) is 15.3. The molecule has 1 atom stereocenters. The van der Waals surface area contributed by atoms with Crippen LogP contribution in [0.4, 0.5) is 0 Å². The number of nitrogens with zero attached hydrogens (tertiary/aromatic N) is 2. The van der Waals surface area contributed by atoms with Gasteiger partial charge in [-0.25, -0.2) is 0 Å². The number of aromatic nitrogens is 1. The van der Waals surface area contributed by atoms with Gasteiger partial charge < -0.3 is 15.2 Å². The lowest BCUT2D eigenvalue weighted by Gasteiger charge is -2.42. The largest absolute Gasteiger partial charge is 0.342 e. The number of hydrogen-bond acceptors (Lipinski definition) is 4. The summed E-state index contributed by atoms with van der Waals surface area (Å²) in [6.07, 6.45) is 1.22. The lowest BCUT2D eigenvalue weighted by Crippen LogP contribution is -2.54. The molecule has 0 bridgehead atoms. The van der Waals surface area contributed by atoms with Crippen LogP contribution in [0.15, 0.2) is 10.2 Å². The fraction of sp³-hybridized carbons (Fsp3) is 0.714. The van der Waals surface area contributed by atoms with Gasteiger partial charge in [0.25, 0.3) is 0 Å². The summed E-state index contributed by atoms with van der Waals surface area (Å²) in [6, 6.07) is 0.147. The van der Waals surface area contributed by atoms with Crippen molar-refractivity contribution in [3.05, 3.63) is 20.7 Å². The van der Waals surface area contributed by atoms with Gasteiger partial charge in [-0.05, 0) is 18.8 Å². The molecule has 6 heteroatoms. The van der Waals surface area contributed by atoms with E-state index < -0.39 is 0 Å². The van der Waals surface area contributed by atoms with E-state index >= 15 is 0 Å². The van der Waals surface area contributed by atoms with Crippen LogP contribution in [0.2, 0.25) is 0 Å². The van der Waals surface area contributed by atoms with Crippen LogP contribution >= 0.6 is 11.3 Å². The van der Waals surface area contributed by atoms with Gasteiger partial charge in [0, 0.05) is 43.2 Å². The quantitative estimate of drug-likeness (QED) is 0.911. The highest BCUT2D eigenvalue weighted by molar-refractivity contribution is 7.07. The number of rotatable bonds is 3. The first-order chi connectivity index (χ1) is 9.31. The van der Waals surface area contributed by atoms with Crippen molar-refractivity contribution >= 4 is 17.2 Å². The number of likely N-dealkylation sites (tertiary alicyclic amines) is 1. The summed E-state index contributed by atoms with van der Waals surface area (Å²) in [5, 5.41) is 1.83. The summed E-state index contributed by atoms with van der Waals surface area (Å²) in [7, 11) is 0. The van der Waals surface area contributed by atoms with Crippen LogP contribution in [0.5, 0.6) is 0 Å². The maximum atomic E-state index is 12.3. The molecule has 1 saturated heterocycles. The number of piperidine rings is 1. The van der Waals surface area contributed by atoms with Gasteiger partial charge in [0.1, 0.15) is 0 Å². The number of nitrogens with two attached hydrogens (primary N) is 1. The molecule has 0 aliphatic carbocycles. The zero-order chi connectivity index (χ0) is 14.9. The Balaban J connectivity index is 1.95. The smallest absolute Gasteiger partial charge is 0.307 e. The third-order valence-electron chi connectivity index (χ3n) is 4.19. The van der Waals surface area contributed by atoms with Gasteiger partial charge in [-0.15, -0.1) is 0 Å². The van der Waals surface area contributed by atoms with Gasteiger partial charge >= 0.3 is 4.87 Å². The van der Waals surface area contributed by atoms with E-state index in [4.69, 9.17) is 5.73 Å². The van der Waals surface area contributed by atoms with Gasteiger partial charge in [-0.1, -0.05) is 25.2 Å². The first-order valence-electron chi connectivity index (χ1n) is 6.99. The molecule has 0 aromatic carbocycles. The van der Waals surface area contributed by atoms with Crippen molar-refractivity contribution in [3.8, 4) is 0 Å². The molecule has 0 spiro atoms. The van der Waals surface area contributed by atoms with Crippen molar-refractivity contribution in [1.82, 2.24) is 9.47 Å². The van der Waals surface area contributed by atoms with E-state index in [2.05, 4.69) is 13.8 Å². The maximum absolute atomic E-state index is 12.3. The van der Waals surface area contributed by atoms with Crippen molar-refractivity contribution in [2.24, 2.45) is 11.1 Å². The normalized spacial score (nSPS) is 22.0. The highest BCUT2D eigenvalue weighted by Gasteiger charge is 2.35. The molecular formula is C14H23N3O2S. The number of hydrogen-bond donors (Lipinski definition) is 1. The van der Waals surface area contributed by atoms with E-state index in [9.17, 15) is 9.59 Å². The predicted octanol–water partition coefficient (Wildman–Crippen LogP) is 1.19. The monoisotopic (exact) mass is 297 g/mol. The summed E-state index contributed by atoms with van der Waals surface area (Å²) < 4.78 is 1.67. The van der Waals surface area contributed by atoms with Gasteiger partial charge in [0.05, 0.1) is 0 Å². The van der Waals surface area contributed by atoms with E-state index in [1.165, 1.54) is 11.3 Å². The zero-order valence-corrected chi connectivity index (χ0v) is 13.2. The molecule has 0 radical (unpaired) electrons. The number of aryl methyl sites for hydroxylation is 1. The molecule has 20 heavy (non-hydrogen) atoms. The third kappa shape index (κ3) is 3.12. The topological polar surface area (TPSA) is 68.3 Å². The van der Waals surface area contributed by atoms with E-state index in [1.807, 2.05) is 17.2 Å². The van der Waals surface area contributed by atoms with Crippen molar-refractivity contribution in [3.63, 3.8) is 0 Å². The Morgan fingerprint density at radius 2 is 2.25 bits per heavy atom. The SMILES string of the molecule is Cc1csc(=O)n1CCC(=O)N1CCC(N)C(C)(C)C1. The van der Waals surface area contributed by atoms with Crippen LogP contribution in [-0.4, -0.2) is 34.5 Å². The molecular weight excluding hydrogens is 274 g/mol. The lowest BCUT2D eigenvalue weighted by atomic mass is 9.79. The average Bonchev–Trinajstić information content (AvgIpc) is 2.69. The minimum Gasteiger partial charge on any atom is -0.342 e. The van der Waals surface area contributed by atoms with Crippen LogP contribution in [0, 0.1) is 12.3 Å². The van der Waals surface area contributed by atoms with Crippen LogP contribution in [0.1, 0.15) is 32.4 Å². The van der Waals surface area contributed by atoms with E-state index in [0.29, 0.717) is 19.5 Å². The number of thiazole rings is 1. The number of carbonyl (C=O) groups excluding carboxylic acids is 1. The molecule has 1 aliphatic heterocycles. The average molecular weight is 297 g/mol. The Morgan fingerprint density at radius 1 is 1.55 bits per heavy atom. The predicted molar refractivity (Wildman–Crippen MR) is 80.9 cm³/mol. The van der Waals surface area contributed by atoms with Crippen molar-refractivity contribution in [1.29, 1.82) is 0 Å². The number of amides is 1. The Bertz CT molecular complexity index is 547. The summed E-state index contributed by atoms with van der Waals surface area (Å²) in [5.41, 5.74) is 6.97. The van der Waals surface area contributed by atoms with Crippen LogP contribution < -0.4 is 10.6 Å². The molecule has 5 nitrogen and oxygen atoms in total. The van der Waals surface area contributed by atoms with E-state index in [1.54, 1.807) is 4.57 Å². The Labute approximate surface area is 123 Å². The minimum atomic E-state index is -0.0386. The fourth-order valence-corrected chi connectivity index (χ4v) is 3.39. The lowest BCUT2D eigenvalue weighted by molar-refractivity contribution is -0.134. The maximum Gasteiger partial charge on any atom is 0.307 e. The molecule has 1 aliphatic rings. The summed E-state index contributed by atoms with van der Waals surface area (Å²) in [4.78, 5) is 25.8. The van der Waals surface area contributed by atoms with Crippen LogP contribution in [-0.2, 0) is 11.3 Å². The standard InChI is InChI=1S/C14H23N3O2S/c1-10-8-20-13(19)17(10)7-5-12(18)16-6-4-11(15)14(2,3)9-16/h8,11H,4-7,9,15H2,1-3H3. The van der Waals surface area contributed by atoms with Crippen molar-refractivity contribution in [2.75, 3.05) is 13.1 Å². The molecule has 1 aromatic heterocycles. The fourth-order valence-electron chi connectivity index (χ4n) is 2.63. The minimum absolute atomic E-state index is 0.0105. The molecule has 1 unspecified atom stereocenters. The van der Waals surface area contributed by atoms with Gasteiger partial charge in [-0.2, -0.15) is 0 Å². The number of carbonyl (C=O) groups is 1.